The topological polar surface area (TPSA) is 58.8 Å². The predicted octanol–water partition coefficient (Wildman–Crippen LogP) is 1.58. The van der Waals surface area contributed by atoms with E-state index in [-0.39, 0.29) is 18.1 Å². The molecule has 1 fully saturated rings. The van der Waals surface area contributed by atoms with Gasteiger partial charge in [-0.15, -0.1) is 0 Å². The van der Waals surface area contributed by atoms with Gasteiger partial charge in [0.2, 0.25) is 0 Å². The van der Waals surface area contributed by atoms with Crippen LogP contribution in [0, 0.1) is 0 Å². The second-order valence-electron chi connectivity index (χ2n) is 5.62. The third-order valence-corrected chi connectivity index (χ3v) is 3.58. The molecule has 1 saturated heterocycles. The summed E-state index contributed by atoms with van der Waals surface area (Å²) in [6.45, 7) is 5.56. The zero-order chi connectivity index (χ0) is 14.9. The summed E-state index contributed by atoms with van der Waals surface area (Å²) < 4.78 is 5.65. The zero-order valence-electron chi connectivity index (χ0n) is 12.6. The minimum Gasteiger partial charge on any atom is -0.399 e. The van der Waals surface area contributed by atoms with E-state index in [0.717, 1.165) is 12.2 Å². The van der Waals surface area contributed by atoms with Gasteiger partial charge in [-0.3, -0.25) is 4.79 Å². The third kappa shape index (κ3) is 2.88. The van der Waals surface area contributed by atoms with Crippen molar-refractivity contribution in [2.75, 3.05) is 37.9 Å². The lowest BCUT2D eigenvalue weighted by atomic mass is 10.1. The number of benzene rings is 1. The van der Waals surface area contributed by atoms with Gasteiger partial charge in [-0.1, -0.05) is 0 Å². The summed E-state index contributed by atoms with van der Waals surface area (Å²) in [5, 5.41) is 0. The fourth-order valence-electron chi connectivity index (χ4n) is 2.45. The van der Waals surface area contributed by atoms with Crippen molar-refractivity contribution in [3.8, 4) is 0 Å². The number of nitrogen functional groups attached to an aromatic ring is 1. The standard InChI is InChI=1S/C15H23N3O2/c1-10-9-20-11(2)8-18(10)14-7-12(16)5-6-13(14)15(19)17(3)4/h5-7,10-11H,8-9,16H2,1-4H3. The number of morpholine rings is 1. The van der Waals surface area contributed by atoms with Gasteiger partial charge in [-0.2, -0.15) is 0 Å². The van der Waals surface area contributed by atoms with Crippen molar-refractivity contribution in [3.63, 3.8) is 0 Å². The van der Waals surface area contributed by atoms with E-state index in [1.165, 1.54) is 0 Å². The quantitative estimate of drug-likeness (QED) is 0.834. The van der Waals surface area contributed by atoms with Crippen molar-refractivity contribution < 1.29 is 9.53 Å². The van der Waals surface area contributed by atoms with Crippen LogP contribution in [-0.4, -0.2) is 50.2 Å². The Balaban J connectivity index is 2.43. The maximum atomic E-state index is 12.3. The van der Waals surface area contributed by atoms with E-state index in [4.69, 9.17) is 10.5 Å². The smallest absolute Gasteiger partial charge is 0.255 e. The highest BCUT2D eigenvalue weighted by Crippen LogP contribution is 2.28. The average molecular weight is 277 g/mol. The van der Waals surface area contributed by atoms with Gasteiger partial charge in [0, 0.05) is 32.4 Å². The number of ether oxygens (including phenoxy) is 1. The van der Waals surface area contributed by atoms with Crippen LogP contribution >= 0.6 is 0 Å². The summed E-state index contributed by atoms with van der Waals surface area (Å²) in [6, 6.07) is 5.68. The van der Waals surface area contributed by atoms with Crippen LogP contribution in [0.25, 0.3) is 0 Å². The largest absolute Gasteiger partial charge is 0.399 e. The minimum atomic E-state index is -0.00801. The van der Waals surface area contributed by atoms with Crippen molar-refractivity contribution in [3.05, 3.63) is 23.8 Å². The Morgan fingerprint density at radius 1 is 1.40 bits per heavy atom. The molecule has 2 unspecified atom stereocenters. The first kappa shape index (κ1) is 14.7. The molecule has 0 saturated carbocycles. The summed E-state index contributed by atoms with van der Waals surface area (Å²) in [6.07, 6.45) is 0.148. The summed E-state index contributed by atoms with van der Waals surface area (Å²) >= 11 is 0. The minimum absolute atomic E-state index is 0.00801. The van der Waals surface area contributed by atoms with Gasteiger partial charge in [-0.25, -0.2) is 0 Å². The fraction of sp³-hybridized carbons (Fsp3) is 0.533. The molecule has 1 heterocycles. The van der Waals surface area contributed by atoms with Crippen molar-refractivity contribution in [1.82, 2.24) is 4.90 Å². The number of hydrogen-bond donors (Lipinski definition) is 1. The van der Waals surface area contributed by atoms with E-state index in [9.17, 15) is 4.79 Å². The third-order valence-electron chi connectivity index (χ3n) is 3.58. The first-order chi connectivity index (χ1) is 9.40. The van der Waals surface area contributed by atoms with Gasteiger partial charge < -0.3 is 20.3 Å². The van der Waals surface area contributed by atoms with Crippen LogP contribution in [0.4, 0.5) is 11.4 Å². The molecule has 20 heavy (non-hydrogen) atoms. The molecule has 0 spiro atoms. The van der Waals surface area contributed by atoms with Gasteiger partial charge in [0.1, 0.15) is 0 Å². The Hall–Kier alpha value is -1.75. The molecular formula is C15H23N3O2. The fourth-order valence-corrected chi connectivity index (χ4v) is 2.45. The molecule has 1 amide bonds. The average Bonchev–Trinajstić information content (AvgIpc) is 2.40. The van der Waals surface area contributed by atoms with E-state index in [1.54, 1.807) is 31.1 Å². The van der Waals surface area contributed by atoms with Crippen LogP contribution in [0.1, 0.15) is 24.2 Å². The van der Waals surface area contributed by atoms with Gasteiger partial charge in [0.15, 0.2) is 0 Å². The molecular weight excluding hydrogens is 254 g/mol. The molecule has 1 aromatic rings. The van der Waals surface area contributed by atoms with Crippen molar-refractivity contribution in [2.45, 2.75) is 26.0 Å². The van der Waals surface area contributed by atoms with Crippen LogP contribution in [0.2, 0.25) is 0 Å². The molecule has 2 N–H and O–H groups in total. The molecule has 5 heteroatoms. The molecule has 0 aromatic heterocycles. The molecule has 0 bridgehead atoms. The predicted molar refractivity (Wildman–Crippen MR) is 81.1 cm³/mol. The molecule has 1 aromatic carbocycles. The first-order valence-electron chi connectivity index (χ1n) is 6.89. The van der Waals surface area contributed by atoms with Gasteiger partial charge >= 0.3 is 0 Å². The highest BCUT2D eigenvalue weighted by molar-refractivity contribution is 6.00. The lowest BCUT2D eigenvalue weighted by molar-refractivity contribution is 0.0342. The van der Waals surface area contributed by atoms with Crippen LogP contribution in [0.15, 0.2) is 18.2 Å². The van der Waals surface area contributed by atoms with Gasteiger partial charge in [0.25, 0.3) is 5.91 Å². The number of carbonyl (C=O) groups is 1. The number of amides is 1. The highest BCUT2D eigenvalue weighted by Gasteiger charge is 2.27. The Bertz CT molecular complexity index is 502. The van der Waals surface area contributed by atoms with Gasteiger partial charge in [0.05, 0.1) is 24.0 Å². The first-order valence-corrected chi connectivity index (χ1v) is 6.89. The lowest BCUT2D eigenvalue weighted by Crippen LogP contribution is -2.48. The molecule has 110 valence electrons. The monoisotopic (exact) mass is 277 g/mol. The number of rotatable bonds is 2. The maximum absolute atomic E-state index is 12.3. The second kappa shape index (κ2) is 5.71. The van der Waals surface area contributed by atoms with Crippen LogP contribution < -0.4 is 10.6 Å². The Labute approximate surface area is 120 Å². The Morgan fingerprint density at radius 2 is 2.10 bits per heavy atom. The molecule has 5 nitrogen and oxygen atoms in total. The number of nitrogens with zero attached hydrogens (tertiary/aromatic N) is 2. The van der Waals surface area contributed by atoms with Gasteiger partial charge in [-0.05, 0) is 32.0 Å². The summed E-state index contributed by atoms with van der Waals surface area (Å²) in [5.41, 5.74) is 8.16. The molecule has 1 aliphatic heterocycles. The molecule has 2 rings (SSSR count). The summed E-state index contributed by atoms with van der Waals surface area (Å²) in [4.78, 5) is 16.1. The second-order valence-corrected chi connectivity index (χ2v) is 5.62. The molecule has 0 aliphatic carbocycles. The summed E-state index contributed by atoms with van der Waals surface area (Å²) in [7, 11) is 3.52. The molecule has 2 atom stereocenters. The van der Waals surface area contributed by atoms with E-state index < -0.39 is 0 Å². The van der Waals surface area contributed by atoms with Crippen molar-refractivity contribution in [1.29, 1.82) is 0 Å². The molecule has 0 radical (unpaired) electrons. The SMILES string of the molecule is CC1CN(c2cc(N)ccc2C(=O)N(C)C)C(C)CO1. The van der Waals surface area contributed by atoms with E-state index in [1.807, 2.05) is 13.0 Å². The number of anilines is 2. The number of nitrogens with two attached hydrogens (primary N) is 1. The lowest BCUT2D eigenvalue weighted by Gasteiger charge is -2.39. The zero-order valence-corrected chi connectivity index (χ0v) is 12.6. The Morgan fingerprint density at radius 3 is 2.75 bits per heavy atom. The van der Waals surface area contributed by atoms with Crippen molar-refractivity contribution in [2.24, 2.45) is 0 Å². The highest BCUT2D eigenvalue weighted by atomic mass is 16.5. The van der Waals surface area contributed by atoms with E-state index in [0.29, 0.717) is 17.9 Å². The summed E-state index contributed by atoms with van der Waals surface area (Å²) in [5.74, 6) is -0.00801. The number of carbonyl (C=O) groups excluding carboxylic acids is 1. The number of hydrogen-bond acceptors (Lipinski definition) is 4. The maximum Gasteiger partial charge on any atom is 0.255 e. The molecule has 1 aliphatic rings. The van der Waals surface area contributed by atoms with Crippen LogP contribution in [0.5, 0.6) is 0 Å². The van der Waals surface area contributed by atoms with E-state index >= 15 is 0 Å². The normalized spacial score (nSPS) is 22.7. The Kier molecular flexibility index (Phi) is 4.18. The van der Waals surface area contributed by atoms with Crippen molar-refractivity contribution >= 4 is 17.3 Å². The van der Waals surface area contributed by atoms with Crippen LogP contribution in [-0.2, 0) is 4.74 Å². The van der Waals surface area contributed by atoms with E-state index in [2.05, 4.69) is 11.8 Å². The van der Waals surface area contributed by atoms with Crippen LogP contribution in [0.3, 0.4) is 0 Å².